The van der Waals surface area contributed by atoms with Crippen LogP contribution in [0.5, 0.6) is 5.75 Å². The van der Waals surface area contributed by atoms with E-state index in [1.165, 1.54) is 11.8 Å². The van der Waals surface area contributed by atoms with Gasteiger partial charge in [-0.2, -0.15) is 0 Å². The van der Waals surface area contributed by atoms with Gasteiger partial charge < -0.3 is 14.6 Å². The van der Waals surface area contributed by atoms with Crippen LogP contribution in [0.3, 0.4) is 0 Å². The van der Waals surface area contributed by atoms with Crippen LogP contribution in [0.2, 0.25) is 0 Å². The molecule has 2 heterocycles. The van der Waals surface area contributed by atoms with E-state index in [9.17, 15) is 9.59 Å². The van der Waals surface area contributed by atoms with Crippen molar-refractivity contribution < 1.29 is 9.53 Å². The smallest absolute Gasteiger partial charge is 0.278 e. The molecule has 1 amide bonds. The second-order valence-corrected chi connectivity index (χ2v) is 8.75. The normalized spacial score (nSPS) is 11.5. The third-order valence-corrected chi connectivity index (χ3v) is 6.07. The Balaban J connectivity index is 2.00. The highest BCUT2D eigenvalue weighted by molar-refractivity contribution is 7.99. The Labute approximate surface area is 180 Å². The molecule has 0 spiro atoms. The van der Waals surface area contributed by atoms with Crippen LogP contribution in [0.4, 0.5) is 0 Å². The molecule has 0 aliphatic carbocycles. The molecule has 162 valence electrons. The number of fused-ring (bicyclic) bond motifs is 3. The van der Waals surface area contributed by atoms with E-state index >= 15 is 0 Å². The molecule has 0 aliphatic rings. The Morgan fingerprint density at radius 3 is 2.77 bits per heavy atom. The zero-order valence-corrected chi connectivity index (χ0v) is 19.1. The minimum absolute atomic E-state index is 0.0439. The maximum absolute atomic E-state index is 13.3. The fraction of sp³-hybridized carbons (Fsp3) is 0.500. The lowest BCUT2D eigenvalue weighted by molar-refractivity contribution is -0.118. The van der Waals surface area contributed by atoms with Crippen molar-refractivity contribution in [2.75, 3.05) is 19.4 Å². The van der Waals surface area contributed by atoms with Gasteiger partial charge in [0.1, 0.15) is 16.8 Å². The monoisotopic (exact) mass is 430 g/mol. The first-order valence-electron chi connectivity index (χ1n) is 10.3. The minimum Gasteiger partial charge on any atom is -0.497 e. The number of ether oxygens (including phenoxy) is 1. The van der Waals surface area contributed by atoms with Gasteiger partial charge in [-0.15, -0.1) is 0 Å². The maximum Gasteiger partial charge on any atom is 0.278 e. The third kappa shape index (κ3) is 4.48. The fourth-order valence-electron chi connectivity index (χ4n) is 3.47. The summed E-state index contributed by atoms with van der Waals surface area (Å²) >= 11 is 1.31. The lowest BCUT2D eigenvalue weighted by atomic mass is 10.1. The number of nitrogens with one attached hydrogen (secondary N) is 1. The standard InChI is InChI=1S/C22H30N4O3S/c1-6-11-26-21(28)20-19(16-12-15(29-5)7-8-17(16)25(20)4)24-22(26)30-13-18(27)23-10-9-14(2)3/h7-8,12,14H,6,9-11,13H2,1-5H3,(H,23,27). The number of nitrogens with zero attached hydrogens (tertiary/aromatic N) is 3. The molecule has 8 heteroatoms. The number of aromatic nitrogens is 3. The fourth-order valence-corrected chi connectivity index (χ4v) is 4.32. The molecule has 3 rings (SSSR count). The number of carbonyl (C=O) groups is 1. The number of benzene rings is 1. The summed E-state index contributed by atoms with van der Waals surface area (Å²) in [6.07, 6.45) is 1.75. The van der Waals surface area contributed by atoms with Gasteiger partial charge in [0.15, 0.2) is 5.16 Å². The molecule has 0 fully saturated rings. The number of thioether (sulfide) groups is 1. The quantitative estimate of drug-likeness (QED) is 0.415. The molecular weight excluding hydrogens is 400 g/mol. The molecule has 3 aromatic rings. The highest BCUT2D eigenvalue weighted by atomic mass is 32.2. The molecular formula is C22H30N4O3S. The van der Waals surface area contributed by atoms with Gasteiger partial charge in [-0.3, -0.25) is 14.2 Å². The van der Waals surface area contributed by atoms with Gasteiger partial charge in [0.05, 0.1) is 18.4 Å². The number of rotatable bonds is 9. The first kappa shape index (κ1) is 22.2. The molecule has 2 aromatic heterocycles. The summed E-state index contributed by atoms with van der Waals surface area (Å²) in [5.74, 6) is 1.44. The van der Waals surface area contributed by atoms with Crippen molar-refractivity contribution in [3.8, 4) is 5.75 Å². The van der Waals surface area contributed by atoms with Gasteiger partial charge in [0.25, 0.3) is 5.56 Å². The number of hydrogen-bond acceptors (Lipinski definition) is 5. The van der Waals surface area contributed by atoms with E-state index < -0.39 is 0 Å². The van der Waals surface area contributed by atoms with Crippen LogP contribution in [0.1, 0.15) is 33.6 Å². The zero-order valence-electron chi connectivity index (χ0n) is 18.3. The summed E-state index contributed by atoms with van der Waals surface area (Å²) < 4.78 is 8.93. The van der Waals surface area contributed by atoms with Gasteiger partial charge in [-0.1, -0.05) is 32.5 Å². The van der Waals surface area contributed by atoms with E-state index in [1.54, 1.807) is 11.7 Å². The zero-order chi connectivity index (χ0) is 21.8. The van der Waals surface area contributed by atoms with Gasteiger partial charge in [-0.05, 0) is 37.0 Å². The molecule has 30 heavy (non-hydrogen) atoms. The highest BCUT2D eigenvalue weighted by Crippen LogP contribution is 2.30. The predicted molar refractivity (Wildman–Crippen MR) is 123 cm³/mol. The third-order valence-electron chi connectivity index (χ3n) is 5.09. The van der Waals surface area contributed by atoms with Crippen LogP contribution in [0, 0.1) is 5.92 Å². The maximum atomic E-state index is 13.3. The Morgan fingerprint density at radius 2 is 2.10 bits per heavy atom. The summed E-state index contributed by atoms with van der Waals surface area (Å²) in [6.45, 7) is 7.50. The Hall–Kier alpha value is -2.48. The van der Waals surface area contributed by atoms with Crippen molar-refractivity contribution in [1.29, 1.82) is 0 Å². The summed E-state index contributed by atoms with van der Waals surface area (Å²) in [5.41, 5.74) is 2.05. The van der Waals surface area contributed by atoms with Crippen LogP contribution in [-0.2, 0) is 18.4 Å². The summed E-state index contributed by atoms with van der Waals surface area (Å²) in [6, 6.07) is 5.72. The first-order chi connectivity index (χ1) is 14.4. The summed E-state index contributed by atoms with van der Waals surface area (Å²) in [7, 11) is 3.50. The van der Waals surface area contributed by atoms with Crippen molar-refractivity contribution in [1.82, 2.24) is 19.4 Å². The second-order valence-electron chi connectivity index (χ2n) is 7.81. The summed E-state index contributed by atoms with van der Waals surface area (Å²) in [5, 5.41) is 4.38. The van der Waals surface area contributed by atoms with E-state index in [0.29, 0.717) is 40.9 Å². The Bertz CT molecular complexity index is 1120. The number of hydrogen-bond donors (Lipinski definition) is 1. The Morgan fingerprint density at radius 1 is 1.33 bits per heavy atom. The molecule has 0 aliphatic heterocycles. The lowest BCUT2D eigenvalue weighted by Crippen LogP contribution is -2.28. The molecule has 0 unspecified atom stereocenters. The molecule has 0 atom stereocenters. The largest absolute Gasteiger partial charge is 0.497 e. The van der Waals surface area contributed by atoms with Crippen molar-refractivity contribution in [2.45, 2.75) is 45.3 Å². The van der Waals surface area contributed by atoms with E-state index in [2.05, 4.69) is 19.2 Å². The highest BCUT2D eigenvalue weighted by Gasteiger charge is 2.19. The Kier molecular flexibility index (Phi) is 7.07. The molecule has 0 saturated carbocycles. The van der Waals surface area contributed by atoms with Crippen LogP contribution in [0.15, 0.2) is 28.2 Å². The first-order valence-corrected chi connectivity index (χ1v) is 11.3. The number of carbonyl (C=O) groups excluding carboxylic acids is 1. The molecule has 0 saturated heterocycles. The van der Waals surface area contributed by atoms with Gasteiger partial charge >= 0.3 is 0 Å². The predicted octanol–water partition coefficient (Wildman–Crippen LogP) is 3.56. The summed E-state index contributed by atoms with van der Waals surface area (Å²) in [4.78, 5) is 30.4. The van der Waals surface area contributed by atoms with Crippen LogP contribution < -0.4 is 15.6 Å². The second kappa shape index (κ2) is 9.55. The topological polar surface area (TPSA) is 78.2 Å². The SMILES string of the molecule is CCCn1c(SCC(=O)NCCC(C)C)nc2c3cc(OC)ccc3n(C)c2c1=O. The van der Waals surface area contributed by atoms with Crippen LogP contribution in [-0.4, -0.2) is 39.4 Å². The van der Waals surface area contributed by atoms with E-state index in [1.807, 2.05) is 36.7 Å². The van der Waals surface area contributed by atoms with E-state index in [-0.39, 0.29) is 17.2 Å². The van der Waals surface area contributed by atoms with Crippen LogP contribution >= 0.6 is 11.8 Å². The van der Waals surface area contributed by atoms with Gasteiger partial charge in [0, 0.05) is 25.5 Å². The van der Waals surface area contributed by atoms with Crippen molar-refractivity contribution in [2.24, 2.45) is 13.0 Å². The number of aryl methyl sites for hydroxylation is 1. The van der Waals surface area contributed by atoms with Gasteiger partial charge in [0.2, 0.25) is 5.91 Å². The minimum atomic E-state index is -0.0813. The average molecular weight is 431 g/mol. The number of amides is 1. The van der Waals surface area contributed by atoms with Crippen molar-refractivity contribution in [3.05, 3.63) is 28.6 Å². The van der Waals surface area contributed by atoms with Gasteiger partial charge in [-0.25, -0.2) is 4.98 Å². The molecule has 7 nitrogen and oxygen atoms in total. The molecule has 0 radical (unpaired) electrons. The lowest BCUT2D eigenvalue weighted by Gasteiger charge is -2.12. The molecule has 1 N–H and O–H groups in total. The van der Waals surface area contributed by atoms with E-state index in [0.717, 1.165) is 23.7 Å². The average Bonchev–Trinajstić information content (AvgIpc) is 3.00. The molecule has 1 aromatic carbocycles. The van der Waals surface area contributed by atoms with Crippen molar-refractivity contribution in [3.63, 3.8) is 0 Å². The van der Waals surface area contributed by atoms with E-state index in [4.69, 9.17) is 9.72 Å². The molecule has 0 bridgehead atoms. The van der Waals surface area contributed by atoms with Crippen molar-refractivity contribution >= 4 is 39.6 Å². The van der Waals surface area contributed by atoms with Crippen LogP contribution in [0.25, 0.3) is 21.9 Å². The number of methoxy groups -OCH3 is 1.